The Balaban J connectivity index is 2.24. The van der Waals surface area contributed by atoms with Crippen LogP contribution >= 0.6 is 0 Å². The fourth-order valence-electron chi connectivity index (χ4n) is 1.99. The van der Waals surface area contributed by atoms with Crippen molar-refractivity contribution in [1.82, 2.24) is 24.3 Å². The fourth-order valence-corrected chi connectivity index (χ4v) is 1.99. The van der Waals surface area contributed by atoms with Gasteiger partial charge in [0.05, 0.1) is 5.69 Å². The van der Waals surface area contributed by atoms with E-state index < -0.39 is 0 Å². The van der Waals surface area contributed by atoms with Crippen molar-refractivity contribution in [3.8, 4) is 11.3 Å². The Morgan fingerprint density at radius 3 is 2.76 bits per heavy atom. The Bertz CT molecular complexity index is 692. The molecule has 5 heteroatoms. The molecule has 0 aliphatic rings. The number of fused-ring (bicyclic) bond motifs is 1. The van der Waals surface area contributed by atoms with Gasteiger partial charge in [0, 0.05) is 32.1 Å². The first-order chi connectivity index (χ1) is 8.16. The summed E-state index contributed by atoms with van der Waals surface area (Å²) in [6.45, 7) is 1.98. The van der Waals surface area contributed by atoms with Gasteiger partial charge in [-0.05, 0) is 19.1 Å². The molecular formula is C12H13N5. The topological polar surface area (TPSA) is 48.5 Å². The molecule has 0 aromatic carbocycles. The highest BCUT2D eigenvalue weighted by Crippen LogP contribution is 2.21. The third kappa shape index (κ3) is 1.43. The van der Waals surface area contributed by atoms with E-state index in [0.29, 0.717) is 0 Å². The molecule has 3 aromatic rings. The van der Waals surface area contributed by atoms with Crippen LogP contribution in [0.5, 0.6) is 0 Å². The summed E-state index contributed by atoms with van der Waals surface area (Å²) in [5.74, 6) is 0.967. The van der Waals surface area contributed by atoms with Gasteiger partial charge in [-0.25, -0.2) is 9.97 Å². The van der Waals surface area contributed by atoms with Crippen LogP contribution in [0.15, 0.2) is 24.5 Å². The van der Waals surface area contributed by atoms with Crippen molar-refractivity contribution >= 4 is 11.2 Å². The van der Waals surface area contributed by atoms with Crippen molar-refractivity contribution in [3.05, 3.63) is 30.4 Å². The quantitative estimate of drug-likeness (QED) is 0.635. The van der Waals surface area contributed by atoms with Crippen LogP contribution < -0.4 is 0 Å². The summed E-state index contributed by atoms with van der Waals surface area (Å²) in [6.07, 6.45) is 3.64. The number of hydrogen-bond acceptors (Lipinski definition) is 3. The minimum atomic E-state index is 0.911. The summed E-state index contributed by atoms with van der Waals surface area (Å²) in [6, 6.07) is 4.02. The molecule has 3 rings (SSSR count). The predicted molar refractivity (Wildman–Crippen MR) is 65.4 cm³/mol. The first-order valence-electron chi connectivity index (χ1n) is 5.44. The van der Waals surface area contributed by atoms with Crippen LogP contribution in [0.25, 0.3) is 22.4 Å². The highest BCUT2D eigenvalue weighted by atomic mass is 15.3. The van der Waals surface area contributed by atoms with Crippen molar-refractivity contribution < 1.29 is 0 Å². The van der Waals surface area contributed by atoms with E-state index in [1.54, 1.807) is 6.20 Å². The van der Waals surface area contributed by atoms with Crippen molar-refractivity contribution in [2.75, 3.05) is 0 Å². The molecule has 17 heavy (non-hydrogen) atoms. The molecule has 0 saturated heterocycles. The number of nitrogens with zero attached hydrogens (tertiary/aromatic N) is 5. The second-order valence-electron chi connectivity index (χ2n) is 4.12. The Hall–Kier alpha value is -2.17. The van der Waals surface area contributed by atoms with Crippen molar-refractivity contribution in [2.24, 2.45) is 14.1 Å². The van der Waals surface area contributed by atoms with Gasteiger partial charge in [-0.1, -0.05) is 0 Å². The largest absolute Gasteiger partial charge is 0.316 e. The van der Waals surface area contributed by atoms with Gasteiger partial charge in [0.1, 0.15) is 11.3 Å². The number of aryl methyl sites for hydroxylation is 3. The number of imidazole rings is 1. The molecular weight excluding hydrogens is 214 g/mol. The molecule has 0 saturated carbocycles. The van der Waals surface area contributed by atoms with Crippen molar-refractivity contribution in [2.45, 2.75) is 6.92 Å². The summed E-state index contributed by atoms with van der Waals surface area (Å²) in [5.41, 5.74) is 3.91. The number of aromatic nitrogens is 5. The van der Waals surface area contributed by atoms with Crippen LogP contribution in [0.2, 0.25) is 0 Å². The van der Waals surface area contributed by atoms with Gasteiger partial charge >= 0.3 is 0 Å². The van der Waals surface area contributed by atoms with E-state index in [1.807, 2.05) is 48.6 Å². The fraction of sp³-hybridized carbons (Fsp3) is 0.250. The highest BCUT2D eigenvalue weighted by Gasteiger charge is 2.09. The monoisotopic (exact) mass is 227 g/mol. The number of pyridine rings is 1. The molecule has 0 spiro atoms. The standard InChI is InChI=1S/C12H13N5/c1-8-15-10-6-9(7-13-12(10)16(8)2)11-4-5-14-17(11)3/h4-7H,1-3H3. The lowest BCUT2D eigenvalue weighted by atomic mass is 10.2. The van der Waals surface area contributed by atoms with Crippen molar-refractivity contribution in [1.29, 1.82) is 0 Å². The van der Waals surface area contributed by atoms with Crippen LogP contribution in [-0.2, 0) is 14.1 Å². The molecule has 0 fully saturated rings. The molecule has 0 aliphatic heterocycles. The van der Waals surface area contributed by atoms with E-state index in [0.717, 1.165) is 28.2 Å². The van der Waals surface area contributed by atoms with Gasteiger partial charge in [-0.15, -0.1) is 0 Å². The van der Waals surface area contributed by atoms with Gasteiger partial charge in [0.25, 0.3) is 0 Å². The van der Waals surface area contributed by atoms with E-state index in [2.05, 4.69) is 15.1 Å². The van der Waals surface area contributed by atoms with Gasteiger partial charge in [-0.3, -0.25) is 4.68 Å². The molecule has 3 heterocycles. The van der Waals surface area contributed by atoms with Gasteiger partial charge in [0.2, 0.25) is 0 Å². The zero-order chi connectivity index (χ0) is 12.0. The third-order valence-electron chi connectivity index (χ3n) is 3.05. The van der Waals surface area contributed by atoms with Gasteiger partial charge < -0.3 is 4.57 Å². The van der Waals surface area contributed by atoms with Gasteiger partial charge in [-0.2, -0.15) is 5.10 Å². The number of rotatable bonds is 1. The Morgan fingerprint density at radius 2 is 2.06 bits per heavy atom. The van der Waals surface area contributed by atoms with E-state index >= 15 is 0 Å². The molecule has 0 bridgehead atoms. The second-order valence-corrected chi connectivity index (χ2v) is 4.12. The predicted octanol–water partition coefficient (Wildman–Crippen LogP) is 1.68. The first-order valence-corrected chi connectivity index (χ1v) is 5.44. The summed E-state index contributed by atoms with van der Waals surface area (Å²) < 4.78 is 3.82. The molecule has 3 aromatic heterocycles. The molecule has 0 amide bonds. The molecule has 0 N–H and O–H groups in total. The van der Waals surface area contributed by atoms with Crippen LogP contribution in [-0.4, -0.2) is 24.3 Å². The lowest BCUT2D eigenvalue weighted by molar-refractivity contribution is 0.775. The lowest BCUT2D eigenvalue weighted by Gasteiger charge is -2.01. The van der Waals surface area contributed by atoms with E-state index in [9.17, 15) is 0 Å². The summed E-state index contributed by atoms with van der Waals surface area (Å²) in [4.78, 5) is 8.94. The van der Waals surface area contributed by atoms with Crippen LogP contribution in [0, 0.1) is 6.92 Å². The maximum absolute atomic E-state index is 4.48. The van der Waals surface area contributed by atoms with Crippen LogP contribution in [0.3, 0.4) is 0 Å². The smallest absolute Gasteiger partial charge is 0.159 e. The highest BCUT2D eigenvalue weighted by molar-refractivity contribution is 5.77. The van der Waals surface area contributed by atoms with E-state index in [-0.39, 0.29) is 0 Å². The molecule has 0 atom stereocenters. The maximum atomic E-state index is 4.48. The zero-order valence-electron chi connectivity index (χ0n) is 10.0. The summed E-state index contributed by atoms with van der Waals surface area (Å²) in [7, 11) is 3.89. The zero-order valence-corrected chi connectivity index (χ0v) is 10.0. The molecule has 0 unspecified atom stereocenters. The molecule has 5 nitrogen and oxygen atoms in total. The van der Waals surface area contributed by atoms with Crippen LogP contribution in [0.1, 0.15) is 5.82 Å². The average molecular weight is 227 g/mol. The third-order valence-corrected chi connectivity index (χ3v) is 3.05. The summed E-state index contributed by atoms with van der Waals surface area (Å²) in [5, 5.41) is 4.16. The second kappa shape index (κ2) is 3.41. The average Bonchev–Trinajstić information content (AvgIpc) is 2.84. The Morgan fingerprint density at radius 1 is 1.24 bits per heavy atom. The van der Waals surface area contributed by atoms with Gasteiger partial charge in [0.15, 0.2) is 5.65 Å². The van der Waals surface area contributed by atoms with Crippen molar-refractivity contribution in [3.63, 3.8) is 0 Å². The van der Waals surface area contributed by atoms with Crippen LogP contribution in [0.4, 0.5) is 0 Å². The molecule has 0 aliphatic carbocycles. The lowest BCUT2D eigenvalue weighted by Crippen LogP contribution is -1.95. The number of hydrogen-bond donors (Lipinski definition) is 0. The Labute approximate surface area is 98.7 Å². The molecule has 0 radical (unpaired) electrons. The minimum Gasteiger partial charge on any atom is -0.316 e. The first kappa shape index (κ1) is 10.0. The minimum absolute atomic E-state index is 0.911. The Kier molecular flexibility index (Phi) is 2.01. The van der Waals surface area contributed by atoms with E-state index in [1.165, 1.54) is 0 Å². The SMILES string of the molecule is Cc1nc2cc(-c3ccnn3C)cnc2n1C. The van der Waals surface area contributed by atoms with E-state index in [4.69, 9.17) is 0 Å². The molecule has 86 valence electrons. The normalized spacial score (nSPS) is 11.2. The maximum Gasteiger partial charge on any atom is 0.159 e. The summed E-state index contributed by atoms with van der Waals surface area (Å²) >= 11 is 0.